The molecule has 1 aromatic carbocycles. The third-order valence-corrected chi connectivity index (χ3v) is 4.33. The number of nitrogens with zero attached hydrogens (tertiary/aromatic N) is 2. The van der Waals surface area contributed by atoms with Gasteiger partial charge < -0.3 is 4.90 Å². The van der Waals surface area contributed by atoms with Gasteiger partial charge in [0.25, 0.3) is 5.91 Å². The van der Waals surface area contributed by atoms with Crippen LogP contribution in [-0.4, -0.2) is 22.8 Å². The van der Waals surface area contributed by atoms with Crippen molar-refractivity contribution in [2.45, 2.75) is 13.0 Å². The van der Waals surface area contributed by atoms with Crippen molar-refractivity contribution in [3.63, 3.8) is 0 Å². The van der Waals surface area contributed by atoms with Crippen molar-refractivity contribution in [3.8, 4) is 0 Å². The lowest BCUT2D eigenvalue weighted by atomic mass is 10.1. The second-order valence-corrected chi connectivity index (χ2v) is 5.78. The quantitative estimate of drug-likeness (QED) is 0.745. The van der Waals surface area contributed by atoms with Crippen molar-refractivity contribution in [1.29, 1.82) is 0 Å². The molecule has 1 amide bonds. The summed E-state index contributed by atoms with van der Waals surface area (Å²) in [5.74, 6) is -0.200. The van der Waals surface area contributed by atoms with Crippen LogP contribution in [0.4, 0.5) is 0 Å². The lowest BCUT2D eigenvalue weighted by molar-refractivity contribution is 0.0742. The molecular weight excluding hydrogens is 331 g/mol. The number of hydrogen-bond acceptors (Lipinski definition) is 2. The van der Waals surface area contributed by atoms with E-state index in [1.54, 1.807) is 18.0 Å². The summed E-state index contributed by atoms with van der Waals surface area (Å²) in [5, 5.41) is 1.05. The second-order valence-electron chi connectivity index (χ2n) is 4.61. The Morgan fingerprint density at radius 2 is 1.86 bits per heavy atom. The van der Waals surface area contributed by atoms with Crippen LogP contribution < -0.4 is 0 Å². The van der Waals surface area contributed by atoms with E-state index >= 15 is 0 Å². The van der Waals surface area contributed by atoms with E-state index in [0.717, 1.165) is 5.56 Å². The van der Waals surface area contributed by atoms with E-state index in [0.29, 0.717) is 10.6 Å². The van der Waals surface area contributed by atoms with Gasteiger partial charge >= 0.3 is 0 Å². The predicted octanol–water partition coefficient (Wildman–Crippen LogP) is 4.88. The Morgan fingerprint density at radius 1 is 1.19 bits per heavy atom. The lowest BCUT2D eigenvalue weighted by Crippen LogP contribution is -2.30. The Hall–Kier alpha value is -1.29. The summed E-state index contributed by atoms with van der Waals surface area (Å²) < 4.78 is 0. The summed E-state index contributed by atoms with van der Waals surface area (Å²) in [6, 6.07) is 8.76. The molecule has 0 saturated carbocycles. The van der Waals surface area contributed by atoms with Crippen LogP contribution in [0.15, 0.2) is 36.5 Å². The molecule has 2 aromatic rings. The molecule has 0 aliphatic carbocycles. The fraction of sp³-hybridized carbons (Fsp3) is 0.200. The van der Waals surface area contributed by atoms with Crippen molar-refractivity contribution in [3.05, 3.63) is 62.9 Å². The summed E-state index contributed by atoms with van der Waals surface area (Å²) in [6.45, 7) is 1.91. The van der Waals surface area contributed by atoms with Crippen molar-refractivity contribution in [1.82, 2.24) is 9.88 Å². The minimum absolute atomic E-state index is 0.176. The molecule has 1 heterocycles. The van der Waals surface area contributed by atoms with Gasteiger partial charge in [0.05, 0.1) is 16.6 Å². The first-order valence-corrected chi connectivity index (χ1v) is 7.38. The Morgan fingerprint density at radius 3 is 2.48 bits per heavy atom. The molecule has 0 fully saturated rings. The van der Waals surface area contributed by atoms with E-state index < -0.39 is 0 Å². The van der Waals surface area contributed by atoms with Gasteiger partial charge in [-0.25, -0.2) is 4.98 Å². The molecule has 0 aliphatic rings. The summed E-state index contributed by atoms with van der Waals surface area (Å²) in [5.41, 5.74) is 1.26. The standard InChI is InChI=1S/C15H13Cl3N2O/c1-9(11-5-3-4-6-12(11)16)20(2)15(21)10-7-13(17)14(18)19-8-10/h3-9H,1-2H3. The highest BCUT2D eigenvalue weighted by molar-refractivity contribution is 6.41. The minimum atomic E-state index is -0.200. The molecule has 0 spiro atoms. The predicted molar refractivity (Wildman–Crippen MR) is 86.2 cm³/mol. The van der Waals surface area contributed by atoms with Gasteiger partial charge in [0.2, 0.25) is 0 Å². The third kappa shape index (κ3) is 3.49. The molecular formula is C15H13Cl3N2O. The molecule has 0 bridgehead atoms. The topological polar surface area (TPSA) is 33.2 Å². The van der Waals surface area contributed by atoms with Gasteiger partial charge in [-0.05, 0) is 24.6 Å². The number of aromatic nitrogens is 1. The number of carbonyl (C=O) groups is 1. The third-order valence-electron chi connectivity index (χ3n) is 3.30. The number of pyridine rings is 1. The number of carbonyl (C=O) groups excluding carboxylic acids is 1. The average molecular weight is 344 g/mol. The number of amides is 1. The van der Waals surface area contributed by atoms with E-state index in [2.05, 4.69) is 4.98 Å². The maximum atomic E-state index is 12.5. The Labute approximate surface area is 138 Å². The number of benzene rings is 1. The molecule has 0 radical (unpaired) electrons. The number of hydrogen-bond donors (Lipinski definition) is 0. The van der Waals surface area contributed by atoms with Crippen molar-refractivity contribution < 1.29 is 4.79 Å². The molecule has 1 unspecified atom stereocenters. The van der Waals surface area contributed by atoms with Gasteiger partial charge in [0.15, 0.2) is 0 Å². The van der Waals surface area contributed by atoms with E-state index in [-0.39, 0.29) is 22.1 Å². The fourth-order valence-electron chi connectivity index (χ4n) is 1.94. The highest BCUT2D eigenvalue weighted by atomic mass is 35.5. The molecule has 1 atom stereocenters. The number of halogens is 3. The molecule has 6 heteroatoms. The number of rotatable bonds is 3. The first-order valence-electron chi connectivity index (χ1n) is 6.24. The van der Waals surface area contributed by atoms with Crippen LogP contribution >= 0.6 is 34.8 Å². The minimum Gasteiger partial charge on any atom is -0.335 e. The van der Waals surface area contributed by atoms with Crippen LogP contribution in [0, 0.1) is 0 Å². The Balaban J connectivity index is 2.26. The Bertz CT molecular complexity index is 676. The normalized spacial score (nSPS) is 12.0. The van der Waals surface area contributed by atoms with Crippen molar-refractivity contribution in [2.75, 3.05) is 7.05 Å². The molecule has 0 aliphatic heterocycles. The van der Waals surface area contributed by atoms with Crippen LogP contribution in [-0.2, 0) is 0 Å². The summed E-state index contributed by atoms with van der Waals surface area (Å²) in [6.07, 6.45) is 1.41. The molecule has 3 nitrogen and oxygen atoms in total. The molecule has 1 aromatic heterocycles. The van der Waals surface area contributed by atoms with E-state index in [1.165, 1.54) is 12.3 Å². The summed E-state index contributed by atoms with van der Waals surface area (Å²) in [7, 11) is 1.71. The molecule has 110 valence electrons. The van der Waals surface area contributed by atoms with Crippen LogP contribution in [0.2, 0.25) is 15.2 Å². The molecule has 0 N–H and O–H groups in total. The zero-order valence-electron chi connectivity index (χ0n) is 11.5. The molecule has 0 saturated heterocycles. The highest BCUT2D eigenvalue weighted by Gasteiger charge is 2.21. The summed E-state index contributed by atoms with van der Waals surface area (Å²) >= 11 is 17.8. The lowest BCUT2D eigenvalue weighted by Gasteiger charge is -2.26. The van der Waals surface area contributed by atoms with Gasteiger partial charge in [-0.2, -0.15) is 0 Å². The highest BCUT2D eigenvalue weighted by Crippen LogP contribution is 2.28. The second kappa shape index (κ2) is 6.65. The summed E-state index contributed by atoms with van der Waals surface area (Å²) in [4.78, 5) is 18.0. The van der Waals surface area contributed by atoms with Crippen LogP contribution in [0.1, 0.15) is 28.9 Å². The first kappa shape index (κ1) is 16.1. The van der Waals surface area contributed by atoms with Crippen LogP contribution in [0.25, 0.3) is 0 Å². The van der Waals surface area contributed by atoms with E-state index in [1.807, 2.05) is 25.1 Å². The van der Waals surface area contributed by atoms with Crippen LogP contribution in [0.3, 0.4) is 0 Å². The van der Waals surface area contributed by atoms with E-state index in [9.17, 15) is 4.79 Å². The van der Waals surface area contributed by atoms with Crippen molar-refractivity contribution >= 4 is 40.7 Å². The maximum Gasteiger partial charge on any atom is 0.255 e. The van der Waals surface area contributed by atoms with E-state index in [4.69, 9.17) is 34.8 Å². The van der Waals surface area contributed by atoms with Gasteiger partial charge in [-0.3, -0.25) is 4.79 Å². The fourth-order valence-corrected chi connectivity index (χ4v) is 2.50. The average Bonchev–Trinajstić information content (AvgIpc) is 2.48. The largest absolute Gasteiger partial charge is 0.335 e. The van der Waals surface area contributed by atoms with Gasteiger partial charge in [0, 0.05) is 18.3 Å². The molecule has 2 rings (SSSR count). The van der Waals surface area contributed by atoms with Gasteiger partial charge in [-0.15, -0.1) is 0 Å². The van der Waals surface area contributed by atoms with Gasteiger partial charge in [0.1, 0.15) is 5.15 Å². The van der Waals surface area contributed by atoms with Gasteiger partial charge in [-0.1, -0.05) is 53.0 Å². The smallest absolute Gasteiger partial charge is 0.255 e. The Kier molecular flexibility index (Phi) is 5.09. The zero-order valence-corrected chi connectivity index (χ0v) is 13.7. The van der Waals surface area contributed by atoms with Crippen LogP contribution in [0.5, 0.6) is 0 Å². The maximum absolute atomic E-state index is 12.5. The SMILES string of the molecule is CC(c1ccccc1Cl)N(C)C(=O)c1cnc(Cl)c(Cl)c1. The van der Waals surface area contributed by atoms with Crippen molar-refractivity contribution in [2.24, 2.45) is 0 Å². The zero-order chi connectivity index (χ0) is 15.6. The molecule has 21 heavy (non-hydrogen) atoms. The first-order chi connectivity index (χ1) is 9.91. The monoisotopic (exact) mass is 342 g/mol.